The van der Waals surface area contributed by atoms with Gasteiger partial charge >= 0.3 is 0 Å². The van der Waals surface area contributed by atoms with Gasteiger partial charge in [0, 0.05) is 10.0 Å². The van der Waals surface area contributed by atoms with Crippen molar-refractivity contribution in [2.24, 2.45) is 0 Å². The molecule has 0 N–H and O–H groups in total. The lowest BCUT2D eigenvalue weighted by atomic mass is 10.0. The highest BCUT2D eigenvalue weighted by atomic mass is 79.9. The number of fused-ring (bicyclic) bond motifs is 1. The molecule has 1 heterocycles. The van der Waals surface area contributed by atoms with Crippen LogP contribution in [0.3, 0.4) is 0 Å². The molecule has 116 valence electrons. The van der Waals surface area contributed by atoms with Crippen molar-refractivity contribution in [1.82, 2.24) is 0 Å². The average molecular weight is 378 g/mol. The van der Waals surface area contributed by atoms with Crippen molar-refractivity contribution >= 4 is 33.4 Å². The smallest absolute Gasteiger partial charge is 0.266 e. The Balaban J connectivity index is 1.93. The monoisotopic (exact) mass is 377 g/mol. The molecule has 0 spiro atoms. The van der Waals surface area contributed by atoms with E-state index >= 15 is 0 Å². The summed E-state index contributed by atoms with van der Waals surface area (Å²) in [5, 5.41) is 0. The van der Waals surface area contributed by atoms with Crippen LogP contribution in [0.2, 0.25) is 0 Å². The van der Waals surface area contributed by atoms with E-state index in [0.717, 1.165) is 11.1 Å². The molecule has 0 saturated carbocycles. The van der Waals surface area contributed by atoms with Crippen LogP contribution < -0.4 is 4.90 Å². The number of rotatable bonds is 2. The Bertz CT molecular complexity index is 931. The average Bonchev–Trinajstić information content (AvgIpc) is 2.87. The lowest BCUT2D eigenvalue weighted by Crippen LogP contribution is -2.30. The molecule has 3 aromatic rings. The van der Waals surface area contributed by atoms with E-state index in [0.29, 0.717) is 21.3 Å². The number of para-hydroxylation sites is 1. The zero-order valence-corrected chi connectivity index (χ0v) is 14.2. The number of carbonyl (C=O) groups excluding carboxylic acids is 2. The van der Waals surface area contributed by atoms with Gasteiger partial charge in [0.2, 0.25) is 0 Å². The van der Waals surface area contributed by atoms with Gasteiger partial charge in [0.25, 0.3) is 11.8 Å². The maximum Gasteiger partial charge on any atom is 0.266 e. The number of carbonyl (C=O) groups is 2. The first kappa shape index (κ1) is 14.8. The van der Waals surface area contributed by atoms with Crippen molar-refractivity contribution in [3.8, 4) is 11.1 Å². The number of nitrogens with zero attached hydrogens (tertiary/aromatic N) is 1. The predicted molar refractivity (Wildman–Crippen MR) is 97.2 cm³/mol. The van der Waals surface area contributed by atoms with Crippen molar-refractivity contribution < 1.29 is 9.59 Å². The summed E-state index contributed by atoms with van der Waals surface area (Å²) in [5.41, 5.74) is 3.24. The molecule has 0 unspecified atom stereocenters. The molecule has 0 atom stereocenters. The lowest BCUT2D eigenvalue weighted by molar-refractivity contribution is 0.0926. The number of hydrogen-bond acceptors (Lipinski definition) is 2. The molecule has 0 bridgehead atoms. The van der Waals surface area contributed by atoms with Gasteiger partial charge in [0.15, 0.2) is 0 Å². The van der Waals surface area contributed by atoms with E-state index in [9.17, 15) is 9.59 Å². The molecule has 0 saturated heterocycles. The summed E-state index contributed by atoms with van der Waals surface area (Å²) in [6, 6.07) is 22.3. The largest absolute Gasteiger partial charge is 0.268 e. The summed E-state index contributed by atoms with van der Waals surface area (Å²) >= 11 is 3.51. The van der Waals surface area contributed by atoms with E-state index in [4.69, 9.17) is 0 Å². The minimum Gasteiger partial charge on any atom is -0.268 e. The van der Waals surface area contributed by atoms with Gasteiger partial charge in [-0.1, -0.05) is 54.6 Å². The SMILES string of the molecule is O=C1c2ccccc2C(=O)N1c1c(Br)cccc1-c1ccccc1. The third-order valence-electron chi connectivity index (χ3n) is 4.09. The molecule has 0 fully saturated rings. The Labute approximate surface area is 147 Å². The predicted octanol–water partition coefficient (Wildman–Crippen LogP) is 4.92. The number of halogens is 1. The zero-order valence-electron chi connectivity index (χ0n) is 12.6. The van der Waals surface area contributed by atoms with Gasteiger partial charge in [-0.3, -0.25) is 9.59 Å². The molecular weight excluding hydrogens is 366 g/mol. The van der Waals surface area contributed by atoms with E-state index in [1.54, 1.807) is 24.3 Å². The fourth-order valence-electron chi connectivity index (χ4n) is 2.99. The van der Waals surface area contributed by atoms with Crippen LogP contribution in [-0.2, 0) is 0 Å². The van der Waals surface area contributed by atoms with Crippen LogP contribution in [0.1, 0.15) is 20.7 Å². The van der Waals surface area contributed by atoms with Crippen LogP contribution in [0, 0.1) is 0 Å². The highest BCUT2D eigenvalue weighted by molar-refractivity contribution is 9.10. The van der Waals surface area contributed by atoms with E-state index < -0.39 is 0 Å². The van der Waals surface area contributed by atoms with Gasteiger partial charge in [-0.15, -0.1) is 0 Å². The molecule has 4 heteroatoms. The number of benzene rings is 3. The van der Waals surface area contributed by atoms with Gasteiger partial charge in [-0.2, -0.15) is 0 Å². The summed E-state index contributed by atoms with van der Waals surface area (Å²) in [6.45, 7) is 0. The fourth-order valence-corrected chi connectivity index (χ4v) is 3.53. The maximum absolute atomic E-state index is 12.8. The third-order valence-corrected chi connectivity index (χ3v) is 4.73. The zero-order chi connectivity index (χ0) is 16.7. The van der Waals surface area contributed by atoms with Crippen LogP contribution in [0.25, 0.3) is 11.1 Å². The number of imide groups is 1. The second kappa shape index (κ2) is 5.73. The summed E-state index contributed by atoms with van der Waals surface area (Å²) in [7, 11) is 0. The highest BCUT2D eigenvalue weighted by Gasteiger charge is 2.38. The van der Waals surface area contributed by atoms with Crippen LogP contribution in [0.15, 0.2) is 77.3 Å². The summed E-state index contributed by atoms with van der Waals surface area (Å²) < 4.78 is 0.707. The maximum atomic E-state index is 12.8. The van der Waals surface area contributed by atoms with Crippen molar-refractivity contribution in [3.05, 3.63) is 88.4 Å². The van der Waals surface area contributed by atoms with Crippen molar-refractivity contribution in [3.63, 3.8) is 0 Å². The number of hydrogen-bond donors (Lipinski definition) is 0. The Hall–Kier alpha value is -2.72. The third kappa shape index (κ3) is 2.19. The normalized spacial score (nSPS) is 13.3. The van der Waals surface area contributed by atoms with E-state index in [2.05, 4.69) is 15.9 Å². The first-order chi connectivity index (χ1) is 11.7. The second-order valence-corrected chi connectivity index (χ2v) is 6.35. The second-order valence-electron chi connectivity index (χ2n) is 5.49. The van der Waals surface area contributed by atoms with Crippen LogP contribution in [-0.4, -0.2) is 11.8 Å². The van der Waals surface area contributed by atoms with Gasteiger partial charge < -0.3 is 0 Å². The van der Waals surface area contributed by atoms with E-state index in [1.165, 1.54) is 4.90 Å². The van der Waals surface area contributed by atoms with Crippen LogP contribution in [0.5, 0.6) is 0 Å². The molecule has 24 heavy (non-hydrogen) atoms. The van der Waals surface area contributed by atoms with E-state index in [-0.39, 0.29) is 11.8 Å². The first-order valence-corrected chi connectivity index (χ1v) is 8.29. The van der Waals surface area contributed by atoms with Crippen LogP contribution in [0.4, 0.5) is 5.69 Å². The Morgan fingerprint density at radius 2 is 1.17 bits per heavy atom. The van der Waals surface area contributed by atoms with Gasteiger partial charge in [-0.25, -0.2) is 4.90 Å². The fraction of sp³-hybridized carbons (Fsp3) is 0. The Kier molecular flexibility index (Phi) is 3.54. The number of amides is 2. The van der Waals surface area contributed by atoms with Crippen molar-refractivity contribution in [1.29, 1.82) is 0 Å². The molecule has 4 rings (SSSR count). The molecule has 3 aromatic carbocycles. The molecule has 1 aliphatic heterocycles. The Morgan fingerprint density at radius 3 is 1.79 bits per heavy atom. The molecule has 1 aliphatic rings. The first-order valence-electron chi connectivity index (χ1n) is 7.50. The molecular formula is C20H12BrNO2. The summed E-state index contributed by atoms with van der Waals surface area (Å²) in [5.74, 6) is -0.584. The summed E-state index contributed by atoms with van der Waals surface area (Å²) in [6.07, 6.45) is 0. The quantitative estimate of drug-likeness (QED) is 0.594. The molecule has 0 radical (unpaired) electrons. The molecule has 3 nitrogen and oxygen atoms in total. The lowest BCUT2D eigenvalue weighted by Gasteiger charge is -2.20. The van der Waals surface area contributed by atoms with Gasteiger partial charge in [0.05, 0.1) is 16.8 Å². The number of anilines is 1. The minimum atomic E-state index is -0.292. The molecule has 2 amide bonds. The van der Waals surface area contributed by atoms with E-state index in [1.807, 2.05) is 48.5 Å². The van der Waals surface area contributed by atoms with Crippen LogP contribution >= 0.6 is 15.9 Å². The Morgan fingerprint density at radius 1 is 0.625 bits per heavy atom. The standard InChI is InChI=1S/C20H12BrNO2/c21-17-12-6-11-14(13-7-2-1-3-8-13)18(17)22-19(23)15-9-4-5-10-16(15)20(22)24/h1-12H. The van der Waals surface area contributed by atoms with Gasteiger partial charge in [0.1, 0.15) is 0 Å². The molecule has 0 aromatic heterocycles. The topological polar surface area (TPSA) is 37.4 Å². The highest BCUT2D eigenvalue weighted by Crippen LogP contribution is 2.40. The van der Waals surface area contributed by atoms with Crippen molar-refractivity contribution in [2.45, 2.75) is 0 Å². The molecule has 0 aliphatic carbocycles. The summed E-state index contributed by atoms with van der Waals surface area (Å²) in [4.78, 5) is 26.9. The minimum absolute atomic E-state index is 0.292. The van der Waals surface area contributed by atoms with Gasteiger partial charge in [-0.05, 0) is 39.7 Å². The van der Waals surface area contributed by atoms with Crippen molar-refractivity contribution in [2.75, 3.05) is 4.90 Å².